The van der Waals surface area contributed by atoms with Crippen molar-refractivity contribution in [2.75, 3.05) is 31.7 Å². The van der Waals surface area contributed by atoms with Crippen LogP contribution in [0.4, 0.5) is 0 Å². The Morgan fingerprint density at radius 2 is 2.10 bits per heavy atom. The number of sulfone groups is 1. The van der Waals surface area contributed by atoms with Crippen LogP contribution >= 0.6 is 0 Å². The van der Waals surface area contributed by atoms with Crippen LogP contribution in [0.5, 0.6) is 0 Å². The van der Waals surface area contributed by atoms with Crippen LogP contribution in [-0.4, -0.2) is 68.6 Å². The molecule has 2 unspecified atom stereocenters. The quantitative estimate of drug-likeness (QED) is 0.704. The smallest absolute Gasteiger partial charge is 0.325 e. The maximum Gasteiger partial charge on any atom is 0.325 e. The van der Waals surface area contributed by atoms with Gasteiger partial charge in [0.1, 0.15) is 5.54 Å². The standard InChI is InChI=1S/C14H26N2O4S/c1-11-10-21(18,19)9-8-16(11)7-6-14(2,13(17)20-3)15-12-4-5-12/h11-12,15H,4-10H2,1-3H3. The number of hydrogen-bond acceptors (Lipinski definition) is 6. The number of nitrogens with one attached hydrogen (secondary N) is 1. The molecule has 7 heteroatoms. The molecule has 2 atom stereocenters. The van der Waals surface area contributed by atoms with Crippen LogP contribution in [0.2, 0.25) is 0 Å². The first kappa shape index (κ1) is 16.7. The molecule has 0 bridgehead atoms. The summed E-state index contributed by atoms with van der Waals surface area (Å²) in [5, 5.41) is 3.37. The topological polar surface area (TPSA) is 75.7 Å². The Kier molecular flexibility index (Phi) is 4.95. The van der Waals surface area contributed by atoms with Crippen molar-refractivity contribution in [1.82, 2.24) is 10.2 Å². The van der Waals surface area contributed by atoms with E-state index in [0.717, 1.165) is 12.8 Å². The highest BCUT2D eigenvalue weighted by Gasteiger charge is 2.40. The van der Waals surface area contributed by atoms with Crippen molar-refractivity contribution in [3.8, 4) is 0 Å². The van der Waals surface area contributed by atoms with Crippen molar-refractivity contribution in [3.63, 3.8) is 0 Å². The Hall–Kier alpha value is -0.660. The van der Waals surface area contributed by atoms with Crippen molar-refractivity contribution in [2.45, 2.75) is 50.7 Å². The van der Waals surface area contributed by atoms with Gasteiger partial charge in [0.2, 0.25) is 0 Å². The number of nitrogens with zero attached hydrogens (tertiary/aromatic N) is 1. The summed E-state index contributed by atoms with van der Waals surface area (Å²) in [7, 11) is -1.49. The monoisotopic (exact) mass is 318 g/mol. The summed E-state index contributed by atoms with van der Waals surface area (Å²) in [5.74, 6) is 0.173. The first-order valence-corrected chi connectivity index (χ1v) is 9.38. The Morgan fingerprint density at radius 3 is 2.62 bits per heavy atom. The van der Waals surface area contributed by atoms with Gasteiger partial charge in [0, 0.05) is 25.2 Å². The summed E-state index contributed by atoms with van der Waals surface area (Å²) < 4.78 is 28.1. The zero-order valence-electron chi connectivity index (χ0n) is 13.1. The number of methoxy groups -OCH3 is 1. The molecule has 2 rings (SSSR count). The molecule has 21 heavy (non-hydrogen) atoms. The number of ether oxygens (including phenoxy) is 1. The Morgan fingerprint density at radius 1 is 1.43 bits per heavy atom. The van der Waals surface area contributed by atoms with Crippen LogP contribution in [0.25, 0.3) is 0 Å². The Labute approximate surface area is 127 Å². The molecule has 6 nitrogen and oxygen atoms in total. The molecule has 0 spiro atoms. The van der Waals surface area contributed by atoms with Crippen molar-refractivity contribution in [3.05, 3.63) is 0 Å². The first-order valence-electron chi connectivity index (χ1n) is 7.56. The molecular formula is C14H26N2O4S. The summed E-state index contributed by atoms with van der Waals surface area (Å²) in [6, 6.07) is 0.417. The molecular weight excluding hydrogens is 292 g/mol. The molecule has 1 aliphatic heterocycles. The van der Waals surface area contributed by atoms with E-state index in [1.54, 1.807) is 0 Å². The highest BCUT2D eigenvalue weighted by molar-refractivity contribution is 7.91. The summed E-state index contributed by atoms with van der Waals surface area (Å²) in [6.45, 7) is 5.05. The van der Waals surface area contributed by atoms with Crippen molar-refractivity contribution < 1.29 is 17.9 Å². The molecule has 2 aliphatic rings. The maximum atomic E-state index is 12.1. The lowest BCUT2D eigenvalue weighted by Gasteiger charge is -2.36. The van der Waals surface area contributed by atoms with Gasteiger partial charge < -0.3 is 4.74 Å². The second kappa shape index (κ2) is 6.22. The van der Waals surface area contributed by atoms with Crippen molar-refractivity contribution >= 4 is 15.8 Å². The molecule has 0 radical (unpaired) electrons. The maximum absolute atomic E-state index is 12.1. The zero-order valence-corrected chi connectivity index (χ0v) is 13.9. The van der Waals surface area contributed by atoms with E-state index in [-0.39, 0.29) is 23.5 Å². The van der Waals surface area contributed by atoms with Crippen LogP contribution in [0, 0.1) is 0 Å². The molecule has 1 saturated heterocycles. The number of rotatable bonds is 6. The molecule has 122 valence electrons. The highest BCUT2D eigenvalue weighted by Crippen LogP contribution is 2.25. The van der Waals surface area contributed by atoms with Gasteiger partial charge in [0.05, 0.1) is 18.6 Å². The fourth-order valence-corrected chi connectivity index (χ4v) is 4.49. The lowest BCUT2D eigenvalue weighted by atomic mass is 9.97. The average molecular weight is 318 g/mol. The Balaban J connectivity index is 1.93. The molecule has 1 heterocycles. The highest BCUT2D eigenvalue weighted by atomic mass is 32.2. The molecule has 0 aromatic carbocycles. The SMILES string of the molecule is COC(=O)C(C)(CCN1CCS(=O)(=O)CC1C)NC1CC1. The van der Waals surface area contributed by atoms with E-state index in [1.807, 2.05) is 13.8 Å². The lowest BCUT2D eigenvalue weighted by Crippen LogP contribution is -2.55. The average Bonchev–Trinajstić information content (AvgIpc) is 3.19. The van der Waals surface area contributed by atoms with Gasteiger partial charge in [-0.1, -0.05) is 0 Å². The fraction of sp³-hybridized carbons (Fsp3) is 0.929. The van der Waals surface area contributed by atoms with E-state index < -0.39 is 15.4 Å². The summed E-state index contributed by atoms with van der Waals surface area (Å²) in [4.78, 5) is 14.2. The van der Waals surface area contributed by atoms with Gasteiger partial charge in [-0.3, -0.25) is 15.0 Å². The predicted octanol–water partition coefficient (Wildman–Crippen LogP) is 0.179. The van der Waals surface area contributed by atoms with Crippen LogP contribution < -0.4 is 5.32 Å². The summed E-state index contributed by atoms with van der Waals surface area (Å²) in [6.07, 6.45) is 2.83. The minimum absolute atomic E-state index is 0.00609. The van der Waals surface area contributed by atoms with Gasteiger partial charge in [-0.2, -0.15) is 0 Å². The lowest BCUT2D eigenvalue weighted by molar-refractivity contribution is -0.148. The first-order chi connectivity index (χ1) is 9.76. The third-order valence-electron chi connectivity index (χ3n) is 4.44. The largest absolute Gasteiger partial charge is 0.468 e. The number of carbonyl (C=O) groups is 1. The van der Waals surface area contributed by atoms with Gasteiger partial charge in [-0.25, -0.2) is 8.42 Å². The molecule has 0 aromatic rings. The molecule has 0 amide bonds. The number of esters is 1. The third-order valence-corrected chi connectivity index (χ3v) is 6.24. The van der Waals surface area contributed by atoms with Gasteiger partial charge in [-0.15, -0.1) is 0 Å². The summed E-state index contributed by atoms with van der Waals surface area (Å²) in [5.41, 5.74) is -0.689. The molecule has 2 fully saturated rings. The fourth-order valence-electron chi connectivity index (χ4n) is 2.87. The second-order valence-electron chi connectivity index (χ2n) is 6.49. The van der Waals surface area contributed by atoms with Crippen molar-refractivity contribution in [1.29, 1.82) is 0 Å². The molecule has 1 aliphatic carbocycles. The van der Waals surface area contributed by atoms with E-state index >= 15 is 0 Å². The van der Waals surface area contributed by atoms with E-state index in [0.29, 0.717) is 25.6 Å². The van der Waals surface area contributed by atoms with Crippen LogP contribution in [0.15, 0.2) is 0 Å². The predicted molar refractivity (Wildman–Crippen MR) is 80.9 cm³/mol. The minimum atomic E-state index is -2.90. The third kappa shape index (κ3) is 4.40. The normalized spacial score (nSPS) is 28.8. The summed E-state index contributed by atoms with van der Waals surface area (Å²) >= 11 is 0. The molecule has 1 N–H and O–H groups in total. The van der Waals surface area contributed by atoms with E-state index in [1.165, 1.54) is 7.11 Å². The zero-order chi connectivity index (χ0) is 15.7. The number of carbonyl (C=O) groups excluding carboxylic acids is 1. The minimum Gasteiger partial charge on any atom is -0.468 e. The number of hydrogen-bond donors (Lipinski definition) is 1. The Bertz CT molecular complexity index is 489. The van der Waals surface area contributed by atoms with E-state index in [9.17, 15) is 13.2 Å². The van der Waals surface area contributed by atoms with Gasteiger partial charge in [0.25, 0.3) is 0 Å². The molecule has 0 aromatic heterocycles. The molecule has 1 saturated carbocycles. The van der Waals surface area contributed by atoms with Gasteiger partial charge in [0.15, 0.2) is 9.84 Å². The van der Waals surface area contributed by atoms with Gasteiger partial charge in [-0.05, 0) is 33.1 Å². The van der Waals surface area contributed by atoms with Gasteiger partial charge >= 0.3 is 5.97 Å². The van der Waals surface area contributed by atoms with E-state index in [2.05, 4.69) is 10.2 Å². The van der Waals surface area contributed by atoms with E-state index in [4.69, 9.17) is 4.74 Å². The van der Waals surface area contributed by atoms with Crippen LogP contribution in [-0.2, 0) is 19.4 Å². The second-order valence-corrected chi connectivity index (χ2v) is 8.72. The van der Waals surface area contributed by atoms with Crippen LogP contribution in [0.1, 0.15) is 33.1 Å². The van der Waals surface area contributed by atoms with Crippen molar-refractivity contribution in [2.24, 2.45) is 0 Å². The van der Waals surface area contributed by atoms with Crippen LogP contribution in [0.3, 0.4) is 0 Å².